The minimum atomic E-state index is -0.446. The van der Waals surface area contributed by atoms with Gasteiger partial charge in [0.2, 0.25) is 0 Å². The van der Waals surface area contributed by atoms with Crippen LogP contribution in [-0.4, -0.2) is 49.2 Å². The van der Waals surface area contributed by atoms with Gasteiger partial charge in [-0.15, -0.1) is 0 Å². The van der Waals surface area contributed by atoms with Crippen molar-refractivity contribution in [2.45, 2.75) is 25.9 Å². The number of pyridine rings is 1. The van der Waals surface area contributed by atoms with Crippen LogP contribution in [0.3, 0.4) is 0 Å². The van der Waals surface area contributed by atoms with Gasteiger partial charge < -0.3 is 14.9 Å². The molecule has 4 nitrogen and oxygen atoms in total. The summed E-state index contributed by atoms with van der Waals surface area (Å²) in [5.41, 5.74) is 1.85. The lowest BCUT2D eigenvalue weighted by Crippen LogP contribution is -2.23. The fourth-order valence-electron chi connectivity index (χ4n) is 1.78. The Bertz CT molecular complexity index is 337. The number of rotatable bonds is 7. The number of aliphatic hydroxyl groups excluding tert-OH is 1. The molecule has 102 valence electrons. The molecule has 0 aliphatic heterocycles. The summed E-state index contributed by atoms with van der Waals surface area (Å²) in [6, 6.07) is 3.93. The minimum Gasteiger partial charge on any atom is -0.387 e. The quantitative estimate of drug-likeness (QED) is 0.803. The Kier molecular flexibility index (Phi) is 6.09. The lowest BCUT2D eigenvalue weighted by molar-refractivity contribution is 0.169. The molecular weight excluding hydrogens is 226 g/mol. The first-order valence-electron chi connectivity index (χ1n) is 6.54. The van der Waals surface area contributed by atoms with E-state index < -0.39 is 6.10 Å². The Morgan fingerprint density at radius 2 is 1.94 bits per heavy atom. The zero-order chi connectivity index (χ0) is 13.5. The molecule has 1 aromatic heterocycles. The largest absolute Gasteiger partial charge is 0.387 e. The molecule has 1 aromatic rings. The van der Waals surface area contributed by atoms with E-state index >= 15 is 0 Å². The van der Waals surface area contributed by atoms with Crippen LogP contribution in [0.25, 0.3) is 0 Å². The van der Waals surface area contributed by atoms with Crippen molar-refractivity contribution in [1.29, 1.82) is 0 Å². The molecule has 0 unspecified atom stereocenters. The smallest absolute Gasteiger partial charge is 0.0957 e. The summed E-state index contributed by atoms with van der Waals surface area (Å²) in [7, 11) is 6.24. The molecule has 0 bridgehead atoms. The molecule has 0 spiro atoms. The summed E-state index contributed by atoms with van der Waals surface area (Å²) in [6.45, 7) is 4.05. The molecule has 0 saturated heterocycles. The third-order valence-corrected chi connectivity index (χ3v) is 3.04. The maximum absolute atomic E-state index is 9.68. The van der Waals surface area contributed by atoms with Gasteiger partial charge in [-0.05, 0) is 45.6 Å². The summed E-state index contributed by atoms with van der Waals surface area (Å²) in [5.74, 6) is 0. The summed E-state index contributed by atoms with van der Waals surface area (Å²) < 4.78 is 0. The Morgan fingerprint density at radius 3 is 2.44 bits per heavy atom. The first kappa shape index (κ1) is 14.9. The monoisotopic (exact) mass is 251 g/mol. The molecule has 0 amide bonds. The normalized spacial score (nSPS) is 12.8. The van der Waals surface area contributed by atoms with Crippen LogP contribution in [-0.2, 0) is 0 Å². The number of nitrogens with zero attached hydrogens (tertiary/aromatic N) is 3. The Hall–Kier alpha value is -1.13. The second kappa shape index (κ2) is 7.34. The van der Waals surface area contributed by atoms with Crippen LogP contribution in [0.2, 0.25) is 0 Å². The van der Waals surface area contributed by atoms with Gasteiger partial charge in [0.1, 0.15) is 0 Å². The molecule has 0 aliphatic carbocycles. The summed E-state index contributed by atoms with van der Waals surface area (Å²) in [4.78, 5) is 8.69. The summed E-state index contributed by atoms with van der Waals surface area (Å²) in [6.07, 6.45) is 3.22. The molecule has 1 heterocycles. The molecule has 0 aliphatic rings. The molecule has 1 atom stereocenters. The van der Waals surface area contributed by atoms with Gasteiger partial charge in [-0.2, -0.15) is 0 Å². The van der Waals surface area contributed by atoms with Gasteiger partial charge in [0.15, 0.2) is 0 Å². The van der Waals surface area contributed by atoms with Crippen molar-refractivity contribution in [2.75, 3.05) is 39.1 Å². The van der Waals surface area contributed by atoms with Crippen LogP contribution >= 0.6 is 0 Å². The Labute approximate surface area is 110 Å². The van der Waals surface area contributed by atoms with Crippen LogP contribution in [0.1, 0.15) is 31.6 Å². The number of hydrogen-bond acceptors (Lipinski definition) is 4. The van der Waals surface area contributed by atoms with Gasteiger partial charge in [-0.25, -0.2) is 0 Å². The Balaban J connectivity index is 2.51. The van der Waals surface area contributed by atoms with Crippen LogP contribution in [0, 0.1) is 0 Å². The molecule has 0 fully saturated rings. The molecule has 0 aromatic carbocycles. The van der Waals surface area contributed by atoms with Gasteiger partial charge in [0, 0.05) is 13.6 Å². The van der Waals surface area contributed by atoms with Crippen LogP contribution in [0.4, 0.5) is 5.69 Å². The van der Waals surface area contributed by atoms with Crippen molar-refractivity contribution in [3.05, 3.63) is 24.0 Å². The van der Waals surface area contributed by atoms with E-state index in [1.54, 1.807) is 0 Å². The average molecular weight is 251 g/mol. The molecule has 18 heavy (non-hydrogen) atoms. The molecule has 0 radical (unpaired) electrons. The summed E-state index contributed by atoms with van der Waals surface area (Å²) in [5, 5.41) is 9.68. The van der Waals surface area contributed by atoms with E-state index in [4.69, 9.17) is 0 Å². The van der Waals surface area contributed by atoms with E-state index in [2.05, 4.69) is 35.9 Å². The van der Waals surface area contributed by atoms with Gasteiger partial charge in [0.25, 0.3) is 0 Å². The van der Waals surface area contributed by atoms with Crippen LogP contribution in [0.5, 0.6) is 0 Å². The lowest BCUT2D eigenvalue weighted by Gasteiger charge is -2.20. The summed E-state index contributed by atoms with van der Waals surface area (Å²) >= 11 is 0. The van der Waals surface area contributed by atoms with E-state index in [-0.39, 0.29) is 0 Å². The predicted octanol–water partition coefficient (Wildman–Crippen LogP) is 1.91. The van der Waals surface area contributed by atoms with E-state index in [0.29, 0.717) is 6.42 Å². The van der Waals surface area contributed by atoms with Gasteiger partial charge in [0.05, 0.1) is 23.7 Å². The zero-order valence-corrected chi connectivity index (χ0v) is 11.9. The highest BCUT2D eigenvalue weighted by Crippen LogP contribution is 2.17. The number of aliphatic hydroxyl groups is 1. The van der Waals surface area contributed by atoms with Crippen LogP contribution in [0.15, 0.2) is 18.3 Å². The molecule has 1 rings (SSSR count). The predicted molar refractivity (Wildman–Crippen MR) is 75.9 cm³/mol. The zero-order valence-electron chi connectivity index (χ0n) is 11.9. The highest BCUT2D eigenvalue weighted by molar-refractivity contribution is 5.43. The van der Waals surface area contributed by atoms with E-state index in [1.807, 2.05) is 25.3 Å². The topological polar surface area (TPSA) is 39.6 Å². The molecule has 4 heteroatoms. The first-order valence-corrected chi connectivity index (χ1v) is 6.54. The highest BCUT2D eigenvalue weighted by atomic mass is 16.3. The highest BCUT2D eigenvalue weighted by Gasteiger charge is 2.07. The third kappa shape index (κ3) is 4.63. The van der Waals surface area contributed by atoms with Crippen molar-refractivity contribution in [3.8, 4) is 0 Å². The second-order valence-electron chi connectivity index (χ2n) is 4.94. The number of aromatic nitrogens is 1. The van der Waals surface area contributed by atoms with Crippen molar-refractivity contribution in [1.82, 2.24) is 9.88 Å². The van der Waals surface area contributed by atoms with Crippen molar-refractivity contribution in [3.63, 3.8) is 0 Å². The minimum absolute atomic E-state index is 0.446. The first-order chi connectivity index (χ1) is 8.54. The molecule has 1 N–H and O–H groups in total. The standard InChI is InChI=1S/C14H25N3O/c1-5-14(18)13-8-7-12(11-15-13)17(4)10-6-9-16(2)3/h7-8,11,14,18H,5-6,9-10H2,1-4H3/t14-/m1/s1. The average Bonchev–Trinajstić information content (AvgIpc) is 2.37. The maximum Gasteiger partial charge on any atom is 0.0957 e. The fraction of sp³-hybridized carbons (Fsp3) is 0.643. The third-order valence-electron chi connectivity index (χ3n) is 3.04. The number of hydrogen-bond donors (Lipinski definition) is 1. The van der Waals surface area contributed by atoms with E-state index in [1.165, 1.54) is 0 Å². The van der Waals surface area contributed by atoms with Gasteiger partial charge in [-0.1, -0.05) is 6.92 Å². The Morgan fingerprint density at radius 1 is 1.22 bits per heavy atom. The van der Waals surface area contributed by atoms with Crippen LogP contribution < -0.4 is 4.90 Å². The number of anilines is 1. The lowest BCUT2D eigenvalue weighted by atomic mass is 10.2. The maximum atomic E-state index is 9.68. The SMILES string of the molecule is CC[C@@H](O)c1ccc(N(C)CCCN(C)C)cn1. The van der Waals surface area contributed by atoms with Crippen molar-refractivity contribution in [2.24, 2.45) is 0 Å². The van der Waals surface area contributed by atoms with Gasteiger partial charge >= 0.3 is 0 Å². The van der Waals surface area contributed by atoms with Crippen molar-refractivity contribution < 1.29 is 5.11 Å². The van der Waals surface area contributed by atoms with Crippen molar-refractivity contribution >= 4 is 5.69 Å². The molecule has 0 saturated carbocycles. The second-order valence-corrected chi connectivity index (χ2v) is 4.94. The molecular formula is C14H25N3O. The van der Waals surface area contributed by atoms with E-state index in [9.17, 15) is 5.11 Å². The van der Waals surface area contributed by atoms with E-state index in [0.717, 1.165) is 30.9 Å². The van der Waals surface area contributed by atoms with Gasteiger partial charge in [-0.3, -0.25) is 4.98 Å². The fourth-order valence-corrected chi connectivity index (χ4v) is 1.78.